The van der Waals surface area contributed by atoms with E-state index in [2.05, 4.69) is 17.4 Å². The highest BCUT2D eigenvalue weighted by Gasteiger charge is 2.44. The topological polar surface area (TPSA) is 58.4 Å². The van der Waals surface area contributed by atoms with E-state index >= 15 is 0 Å². The second kappa shape index (κ2) is 3.84. The van der Waals surface area contributed by atoms with Crippen molar-refractivity contribution in [2.75, 3.05) is 13.1 Å². The maximum absolute atomic E-state index is 12.4. The summed E-state index contributed by atoms with van der Waals surface area (Å²) in [5.74, 6) is 1.29. The summed E-state index contributed by atoms with van der Waals surface area (Å²) in [6.07, 6.45) is 1.08. The Morgan fingerprint density at radius 3 is 3.12 bits per heavy atom. The number of rotatable bonds is 1. The van der Waals surface area contributed by atoms with Gasteiger partial charge < -0.3 is 14.7 Å². The molecule has 3 rings (SSSR count). The lowest BCUT2D eigenvalue weighted by molar-refractivity contribution is 0.0671. The molecule has 2 aliphatic rings. The highest BCUT2D eigenvalue weighted by molar-refractivity contribution is 5.93. The minimum atomic E-state index is 0.00514. The van der Waals surface area contributed by atoms with E-state index in [0.717, 1.165) is 19.5 Å². The lowest BCUT2D eigenvalue weighted by Gasteiger charge is -2.26. The smallest absolute Gasteiger partial charge is 0.276 e. The van der Waals surface area contributed by atoms with Crippen LogP contribution in [0.5, 0.6) is 0 Å². The molecule has 5 nitrogen and oxygen atoms in total. The average molecular weight is 235 g/mol. The Kier molecular flexibility index (Phi) is 2.43. The molecular formula is C12H17N3O2. The van der Waals surface area contributed by atoms with Crippen molar-refractivity contribution in [1.29, 1.82) is 0 Å². The van der Waals surface area contributed by atoms with E-state index in [9.17, 15) is 4.79 Å². The maximum atomic E-state index is 12.4. The molecule has 0 radical (unpaired) electrons. The van der Waals surface area contributed by atoms with Crippen LogP contribution in [0.25, 0.3) is 0 Å². The molecule has 3 heterocycles. The van der Waals surface area contributed by atoms with Gasteiger partial charge in [0, 0.05) is 31.2 Å². The fraction of sp³-hybridized carbons (Fsp3) is 0.667. The summed E-state index contributed by atoms with van der Waals surface area (Å²) in [6, 6.07) is 2.34. The van der Waals surface area contributed by atoms with Gasteiger partial charge in [0.1, 0.15) is 5.76 Å². The molecule has 3 unspecified atom stereocenters. The Morgan fingerprint density at radius 1 is 1.59 bits per heavy atom. The molecular weight excluding hydrogens is 218 g/mol. The molecule has 92 valence electrons. The van der Waals surface area contributed by atoms with Gasteiger partial charge in [-0.1, -0.05) is 5.16 Å². The normalized spacial score (nSPS) is 31.9. The Bertz CT molecular complexity index is 443. The molecule has 0 aliphatic carbocycles. The number of aryl methyl sites for hydroxylation is 1. The number of likely N-dealkylation sites (tertiary alicyclic amines) is 1. The van der Waals surface area contributed by atoms with Crippen molar-refractivity contribution in [2.45, 2.75) is 32.4 Å². The number of aromatic nitrogens is 1. The second-order valence-electron chi connectivity index (χ2n) is 5.11. The van der Waals surface area contributed by atoms with Gasteiger partial charge in [0.15, 0.2) is 5.69 Å². The van der Waals surface area contributed by atoms with E-state index in [1.807, 2.05) is 4.90 Å². The van der Waals surface area contributed by atoms with E-state index in [0.29, 0.717) is 29.5 Å². The zero-order valence-corrected chi connectivity index (χ0v) is 10.1. The van der Waals surface area contributed by atoms with Crippen LogP contribution in [0.1, 0.15) is 29.6 Å². The first-order valence-electron chi connectivity index (χ1n) is 6.13. The second-order valence-corrected chi connectivity index (χ2v) is 5.11. The molecule has 1 aromatic heterocycles. The first-order chi connectivity index (χ1) is 8.16. The van der Waals surface area contributed by atoms with Gasteiger partial charge in [0.05, 0.1) is 0 Å². The summed E-state index contributed by atoms with van der Waals surface area (Å²) < 4.78 is 4.98. The lowest BCUT2D eigenvalue weighted by atomic mass is 10.0. The van der Waals surface area contributed by atoms with E-state index in [1.54, 1.807) is 13.0 Å². The molecule has 2 fully saturated rings. The highest BCUT2D eigenvalue weighted by Crippen LogP contribution is 2.33. The van der Waals surface area contributed by atoms with Crippen molar-refractivity contribution in [3.05, 3.63) is 17.5 Å². The Morgan fingerprint density at radius 2 is 2.41 bits per heavy atom. The van der Waals surface area contributed by atoms with Crippen molar-refractivity contribution < 1.29 is 9.32 Å². The van der Waals surface area contributed by atoms with Crippen LogP contribution in [0.2, 0.25) is 0 Å². The van der Waals surface area contributed by atoms with E-state index in [-0.39, 0.29) is 5.91 Å². The van der Waals surface area contributed by atoms with Crippen LogP contribution in [0.3, 0.4) is 0 Å². The largest absolute Gasteiger partial charge is 0.361 e. The third-order valence-electron chi connectivity index (χ3n) is 3.86. The molecule has 2 aliphatic heterocycles. The molecule has 0 bridgehead atoms. The van der Waals surface area contributed by atoms with Crippen molar-refractivity contribution in [3.8, 4) is 0 Å². The number of carbonyl (C=O) groups excluding carboxylic acids is 1. The quantitative estimate of drug-likeness (QED) is 0.782. The van der Waals surface area contributed by atoms with Crippen LogP contribution in [0.15, 0.2) is 10.6 Å². The molecule has 2 saturated heterocycles. The number of hydrogen-bond acceptors (Lipinski definition) is 4. The lowest BCUT2D eigenvalue weighted by Crippen LogP contribution is -2.42. The van der Waals surface area contributed by atoms with Gasteiger partial charge in [-0.3, -0.25) is 4.79 Å². The minimum Gasteiger partial charge on any atom is -0.361 e. The first kappa shape index (κ1) is 10.8. The molecule has 0 aromatic carbocycles. The Balaban J connectivity index is 1.85. The third kappa shape index (κ3) is 1.65. The van der Waals surface area contributed by atoms with Gasteiger partial charge in [-0.2, -0.15) is 0 Å². The van der Waals surface area contributed by atoms with Crippen LogP contribution in [0, 0.1) is 12.8 Å². The maximum Gasteiger partial charge on any atom is 0.276 e. The summed E-state index contributed by atoms with van der Waals surface area (Å²) in [4.78, 5) is 14.4. The molecule has 1 N–H and O–H groups in total. The molecule has 1 aromatic rings. The fourth-order valence-electron chi connectivity index (χ4n) is 3.11. The number of nitrogens with one attached hydrogen (secondary N) is 1. The van der Waals surface area contributed by atoms with E-state index in [1.165, 1.54) is 0 Å². The molecule has 17 heavy (non-hydrogen) atoms. The number of amides is 1. The molecule has 0 spiro atoms. The zero-order valence-electron chi connectivity index (χ0n) is 10.1. The van der Waals surface area contributed by atoms with Gasteiger partial charge in [0.25, 0.3) is 5.91 Å². The minimum absolute atomic E-state index is 0.00514. The highest BCUT2D eigenvalue weighted by atomic mass is 16.5. The SMILES string of the molecule is Cc1cc(C(=O)N2C(C)CC3CNCC32)no1. The fourth-order valence-corrected chi connectivity index (χ4v) is 3.11. The number of fused-ring (bicyclic) bond motifs is 1. The predicted molar refractivity (Wildman–Crippen MR) is 61.6 cm³/mol. The Labute approximate surface area is 100 Å². The third-order valence-corrected chi connectivity index (χ3v) is 3.86. The van der Waals surface area contributed by atoms with Crippen LogP contribution in [-0.2, 0) is 0 Å². The van der Waals surface area contributed by atoms with Gasteiger partial charge in [-0.05, 0) is 26.2 Å². The average Bonchev–Trinajstić information content (AvgIpc) is 2.92. The molecule has 0 saturated carbocycles. The van der Waals surface area contributed by atoms with Crippen molar-refractivity contribution >= 4 is 5.91 Å². The van der Waals surface area contributed by atoms with Crippen molar-refractivity contribution in [1.82, 2.24) is 15.4 Å². The molecule has 3 atom stereocenters. The van der Waals surface area contributed by atoms with E-state index < -0.39 is 0 Å². The number of nitrogens with zero attached hydrogens (tertiary/aromatic N) is 2. The van der Waals surface area contributed by atoms with Gasteiger partial charge >= 0.3 is 0 Å². The standard InChI is InChI=1S/C12H17N3O2/c1-7-3-9-5-13-6-11(9)15(7)12(16)10-4-8(2)17-14-10/h4,7,9,11,13H,3,5-6H2,1-2H3. The van der Waals surface area contributed by atoms with Gasteiger partial charge in [0.2, 0.25) is 0 Å². The summed E-state index contributed by atoms with van der Waals surface area (Å²) in [5, 5.41) is 7.17. The van der Waals surface area contributed by atoms with E-state index in [4.69, 9.17) is 4.52 Å². The number of carbonyl (C=O) groups is 1. The summed E-state index contributed by atoms with van der Waals surface area (Å²) in [6.45, 7) is 5.84. The molecule has 5 heteroatoms. The van der Waals surface area contributed by atoms with Crippen molar-refractivity contribution in [2.24, 2.45) is 5.92 Å². The van der Waals surface area contributed by atoms with Gasteiger partial charge in [-0.25, -0.2) is 0 Å². The summed E-state index contributed by atoms with van der Waals surface area (Å²) >= 11 is 0. The van der Waals surface area contributed by atoms with Crippen LogP contribution >= 0.6 is 0 Å². The monoisotopic (exact) mass is 235 g/mol. The van der Waals surface area contributed by atoms with Crippen LogP contribution in [-0.4, -0.2) is 41.1 Å². The van der Waals surface area contributed by atoms with Crippen LogP contribution < -0.4 is 5.32 Å². The predicted octanol–water partition coefficient (Wildman–Crippen LogP) is 0.805. The first-order valence-corrected chi connectivity index (χ1v) is 6.13. The van der Waals surface area contributed by atoms with Crippen LogP contribution in [0.4, 0.5) is 0 Å². The Hall–Kier alpha value is -1.36. The summed E-state index contributed by atoms with van der Waals surface area (Å²) in [5.41, 5.74) is 0.432. The zero-order chi connectivity index (χ0) is 12.0. The van der Waals surface area contributed by atoms with Gasteiger partial charge in [-0.15, -0.1) is 0 Å². The van der Waals surface area contributed by atoms with Crippen molar-refractivity contribution in [3.63, 3.8) is 0 Å². The summed E-state index contributed by atoms with van der Waals surface area (Å²) in [7, 11) is 0. The number of hydrogen-bond donors (Lipinski definition) is 1. The molecule has 1 amide bonds.